The van der Waals surface area contributed by atoms with Crippen molar-refractivity contribution in [2.45, 2.75) is 24.8 Å². The van der Waals surface area contributed by atoms with Gasteiger partial charge in [-0.3, -0.25) is 0 Å². The molecule has 1 aromatic carbocycles. The van der Waals surface area contributed by atoms with Gasteiger partial charge in [0.2, 0.25) is 10.0 Å². The third-order valence-corrected chi connectivity index (χ3v) is 4.35. The second-order valence-corrected chi connectivity index (χ2v) is 6.71. The summed E-state index contributed by atoms with van der Waals surface area (Å²) in [5, 5.41) is 0.756. The largest absolute Gasteiger partial charge is 0.489 e. The van der Waals surface area contributed by atoms with Crippen LogP contribution in [0.5, 0.6) is 5.75 Å². The average Bonchev–Trinajstić information content (AvgIpc) is 2.38. The molecule has 1 aromatic heterocycles. The highest BCUT2D eigenvalue weighted by molar-refractivity contribution is 7.89. The van der Waals surface area contributed by atoms with E-state index in [4.69, 9.17) is 16.3 Å². The van der Waals surface area contributed by atoms with E-state index in [1.165, 1.54) is 13.1 Å². The number of halogens is 1. The molecule has 0 aliphatic carbocycles. The Labute approximate surface area is 123 Å². The number of aromatic nitrogens is 1. The van der Waals surface area contributed by atoms with Crippen LogP contribution in [0.4, 0.5) is 0 Å². The van der Waals surface area contributed by atoms with E-state index in [9.17, 15) is 8.42 Å². The number of rotatable bonds is 4. The molecule has 0 amide bonds. The van der Waals surface area contributed by atoms with Crippen molar-refractivity contribution in [1.82, 2.24) is 9.71 Å². The summed E-state index contributed by atoms with van der Waals surface area (Å²) < 4.78 is 32.0. The zero-order valence-electron chi connectivity index (χ0n) is 11.3. The summed E-state index contributed by atoms with van der Waals surface area (Å²) in [5.74, 6) is 0.507. The van der Waals surface area contributed by atoms with Gasteiger partial charge in [-0.2, -0.15) is 0 Å². The zero-order valence-corrected chi connectivity index (χ0v) is 12.9. The van der Waals surface area contributed by atoms with Crippen LogP contribution in [0.1, 0.15) is 13.8 Å². The number of sulfonamides is 1. The van der Waals surface area contributed by atoms with E-state index in [-0.39, 0.29) is 16.2 Å². The number of benzene rings is 1. The molecular weight excluding hydrogens is 300 g/mol. The van der Waals surface area contributed by atoms with Crippen molar-refractivity contribution < 1.29 is 13.2 Å². The van der Waals surface area contributed by atoms with Crippen LogP contribution in [0.25, 0.3) is 10.9 Å². The Morgan fingerprint density at radius 3 is 2.55 bits per heavy atom. The van der Waals surface area contributed by atoms with Crippen LogP contribution in [-0.4, -0.2) is 26.6 Å². The number of fused-ring (bicyclic) bond motifs is 1. The topological polar surface area (TPSA) is 68.3 Å². The summed E-state index contributed by atoms with van der Waals surface area (Å²) in [6.07, 6.45) is -0.0502. The van der Waals surface area contributed by atoms with Gasteiger partial charge in [-0.15, -0.1) is 0 Å². The van der Waals surface area contributed by atoms with Crippen molar-refractivity contribution in [3.8, 4) is 5.75 Å². The Balaban J connectivity index is 2.77. The van der Waals surface area contributed by atoms with Crippen LogP contribution >= 0.6 is 11.6 Å². The van der Waals surface area contributed by atoms with Gasteiger partial charge in [-0.1, -0.05) is 11.6 Å². The molecule has 0 radical (unpaired) electrons. The molecule has 0 aliphatic heterocycles. The van der Waals surface area contributed by atoms with E-state index in [1.54, 1.807) is 18.2 Å². The summed E-state index contributed by atoms with van der Waals surface area (Å²) in [5.41, 5.74) is 0.433. The standard InChI is InChI=1S/C13H15ClN2O3S/c1-8(2)19-10-5-6-11(20(17,18)15-3)9-4-7-12(14)16-13(9)10/h4-8,15H,1-3H3. The van der Waals surface area contributed by atoms with Gasteiger partial charge in [-0.25, -0.2) is 18.1 Å². The molecule has 2 rings (SSSR count). The molecule has 20 heavy (non-hydrogen) atoms. The smallest absolute Gasteiger partial charge is 0.240 e. The molecular formula is C13H15ClN2O3S. The van der Waals surface area contributed by atoms with Crippen molar-refractivity contribution in [2.75, 3.05) is 7.05 Å². The quantitative estimate of drug-likeness (QED) is 0.881. The number of nitrogens with one attached hydrogen (secondary N) is 1. The fraction of sp³-hybridized carbons (Fsp3) is 0.308. The minimum absolute atomic E-state index is 0.0502. The maximum atomic E-state index is 12.0. The molecule has 0 unspecified atom stereocenters. The van der Waals surface area contributed by atoms with Crippen LogP contribution < -0.4 is 9.46 Å². The molecule has 2 aromatic rings. The number of pyridine rings is 1. The van der Waals surface area contributed by atoms with E-state index in [0.717, 1.165) is 0 Å². The fourth-order valence-electron chi connectivity index (χ4n) is 1.84. The van der Waals surface area contributed by atoms with Gasteiger partial charge in [0.25, 0.3) is 0 Å². The second kappa shape index (κ2) is 5.55. The van der Waals surface area contributed by atoms with E-state index >= 15 is 0 Å². The molecule has 1 heterocycles. The Hall–Kier alpha value is -1.37. The van der Waals surface area contributed by atoms with Gasteiger partial charge in [0.1, 0.15) is 16.4 Å². The molecule has 0 aliphatic rings. The van der Waals surface area contributed by atoms with Crippen molar-refractivity contribution in [3.05, 3.63) is 29.4 Å². The maximum Gasteiger partial charge on any atom is 0.240 e. The monoisotopic (exact) mass is 314 g/mol. The molecule has 0 spiro atoms. The molecule has 0 atom stereocenters. The molecule has 1 N–H and O–H groups in total. The van der Waals surface area contributed by atoms with Gasteiger partial charge in [0.05, 0.1) is 11.0 Å². The minimum Gasteiger partial charge on any atom is -0.489 e. The summed E-state index contributed by atoms with van der Waals surface area (Å²) in [6.45, 7) is 3.77. The lowest BCUT2D eigenvalue weighted by Crippen LogP contribution is -2.19. The van der Waals surface area contributed by atoms with E-state index < -0.39 is 10.0 Å². The van der Waals surface area contributed by atoms with Crippen molar-refractivity contribution in [1.29, 1.82) is 0 Å². The normalized spacial score (nSPS) is 12.1. The van der Waals surface area contributed by atoms with Crippen LogP contribution in [0.3, 0.4) is 0 Å². The first-order valence-corrected chi connectivity index (χ1v) is 7.90. The van der Waals surface area contributed by atoms with E-state index in [2.05, 4.69) is 9.71 Å². The van der Waals surface area contributed by atoms with Gasteiger partial charge in [-0.05, 0) is 45.2 Å². The highest BCUT2D eigenvalue weighted by Gasteiger charge is 2.18. The third-order valence-electron chi connectivity index (χ3n) is 2.67. The summed E-state index contributed by atoms with van der Waals surface area (Å²) in [6, 6.07) is 6.27. The molecule has 7 heteroatoms. The van der Waals surface area contributed by atoms with Gasteiger partial charge >= 0.3 is 0 Å². The van der Waals surface area contributed by atoms with Crippen molar-refractivity contribution in [2.24, 2.45) is 0 Å². The Morgan fingerprint density at radius 2 is 1.95 bits per heavy atom. The van der Waals surface area contributed by atoms with Gasteiger partial charge in [0.15, 0.2) is 0 Å². The average molecular weight is 315 g/mol. The van der Waals surface area contributed by atoms with Gasteiger partial charge in [0, 0.05) is 5.39 Å². The van der Waals surface area contributed by atoms with Crippen molar-refractivity contribution >= 4 is 32.5 Å². The number of hydrogen-bond acceptors (Lipinski definition) is 4. The lowest BCUT2D eigenvalue weighted by molar-refractivity contribution is 0.245. The minimum atomic E-state index is -3.57. The maximum absolute atomic E-state index is 12.0. The molecule has 0 fully saturated rings. The highest BCUT2D eigenvalue weighted by Crippen LogP contribution is 2.31. The van der Waals surface area contributed by atoms with Gasteiger partial charge < -0.3 is 4.74 Å². The Morgan fingerprint density at radius 1 is 1.25 bits per heavy atom. The lowest BCUT2D eigenvalue weighted by atomic mass is 10.2. The summed E-state index contributed by atoms with van der Waals surface area (Å²) >= 11 is 5.90. The predicted octanol–water partition coefficient (Wildman–Crippen LogP) is 2.58. The van der Waals surface area contributed by atoms with Crippen LogP contribution in [-0.2, 0) is 10.0 Å². The number of ether oxygens (including phenoxy) is 1. The lowest BCUT2D eigenvalue weighted by Gasteiger charge is -2.14. The van der Waals surface area contributed by atoms with E-state index in [0.29, 0.717) is 16.7 Å². The highest BCUT2D eigenvalue weighted by atomic mass is 35.5. The first kappa shape index (κ1) is 15.0. The third kappa shape index (κ3) is 2.87. The van der Waals surface area contributed by atoms with E-state index in [1.807, 2.05) is 13.8 Å². The summed E-state index contributed by atoms with van der Waals surface area (Å²) in [4.78, 5) is 4.33. The number of hydrogen-bond donors (Lipinski definition) is 1. The molecule has 0 saturated carbocycles. The molecule has 108 valence electrons. The summed E-state index contributed by atoms with van der Waals surface area (Å²) in [7, 11) is -2.21. The first-order valence-electron chi connectivity index (χ1n) is 6.04. The zero-order chi connectivity index (χ0) is 14.9. The van der Waals surface area contributed by atoms with Crippen LogP contribution in [0.15, 0.2) is 29.2 Å². The first-order chi connectivity index (χ1) is 9.35. The molecule has 5 nitrogen and oxygen atoms in total. The Kier molecular flexibility index (Phi) is 4.17. The van der Waals surface area contributed by atoms with Crippen molar-refractivity contribution in [3.63, 3.8) is 0 Å². The fourth-order valence-corrected chi connectivity index (χ4v) is 2.90. The second-order valence-electron chi connectivity index (χ2n) is 4.47. The SMILES string of the molecule is CNS(=O)(=O)c1ccc(OC(C)C)c2nc(Cl)ccc12. The van der Waals surface area contributed by atoms with Crippen LogP contribution in [0, 0.1) is 0 Å². The molecule has 0 saturated heterocycles. The van der Waals surface area contributed by atoms with Crippen LogP contribution in [0.2, 0.25) is 5.15 Å². The molecule has 0 bridgehead atoms. The predicted molar refractivity (Wildman–Crippen MR) is 78.8 cm³/mol. The Bertz CT molecular complexity index is 745. The number of nitrogens with zero attached hydrogens (tertiary/aromatic N) is 1.